The van der Waals surface area contributed by atoms with E-state index in [0.717, 1.165) is 0 Å². The number of anilines is 1. The van der Waals surface area contributed by atoms with Crippen LogP contribution in [0.2, 0.25) is 0 Å². The van der Waals surface area contributed by atoms with Crippen molar-refractivity contribution >= 4 is 17.4 Å². The van der Waals surface area contributed by atoms with Gasteiger partial charge >= 0.3 is 0 Å². The lowest BCUT2D eigenvalue weighted by molar-refractivity contribution is -0.121. The number of piperazine rings is 1. The molecule has 1 fully saturated rings. The highest BCUT2D eigenvalue weighted by Crippen LogP contribution is 2.22. The molecule has 0 atom stereocenters. The zero-order chi connectivity index (χ0) is 15.4. The van der Waals surface area contributed by atoms with E-state index in [1.807, 2.05) is 9.80 Å². The van der Waals surface area contributed by atoms with E-state index in [4.69, 9.17) is 0 Å². The van der Waals surface area contributed by atoms with E-state index < -0.39 is 0 Å². The molecule has 1 aromatic rings. The molecule has 1 heterocycles. The number of halogens is 1. The van der Waals surface area contributed by atoms with Crippen LogP contribution in [0, 0.1) is 5.82 Å². The minimum absolute atomic E-state index is 0.0135. The van der Waals surface area contributed by atoms with Crippen molar-refractivity contribution in [2.75, 3.05) is 44.7 Å². The van der Waals surface area contributed by atoms with Crippen molar-refractivity contribution in [3.8, 4) is 0 Å². The van der Waals surface area contributed by atoms with Crippen molar-refractivity contribution in [1.82, 2.24) is 10.2 Å². The molecule has 1 aliphatic heterocycles. The van der Waals surface area contributed by atoms with Crippen molar-refractivity contribution in [3.63, 3.8) is 0 Å². The summed E-state index contributed by atoms with van der Waals surface area (Å²) in [6.45, 7) is 4.53. The van der Waals surface area contributed by atoms with Gasteiger partial charge in [0.05, 0.1) is 12.2 Å². The van der Waals surface area contributed by atoms with Gasteiger partial charge in [-0.25, -0.2) is 4.39 Å². The Labute approximate surface area is 123 Å². The van der Waals surface area contributed by atoms with E-state index in [2.05, 4.69) is 5.32 Å². The van der Waals surface area contributed by atoms with Crippen molar-refractivity contribution in [2.24, 2.45) is 0 Å². The molecule has 1 N–H and O–H groups in total. The molecule has 0 unspecified atom stereocenters. The normalized spacial score (nSPS) is 15.9. The first-order valence-electron chi connectivity index (χ1n) is 6.99. The Morgan fingerprint density at radius 3 is 2.43 bits per heavy atom. The second-order valence-corrected chi connectivity index (χ2v) is 5.16. The predicted octanol–water partition coefficient (Wildman–Crippen LogP) is 0.896. The van der Waals surface area contributed by atoms with Gasteiger partial charge in [0.25, 0.3) is 0 Å². The van der Waals surface area contributed by atoms with Gasteiger partial charge in [0, 0.05) is 38.8 Å². The zero-order valence-corrected chi connectivity index (χ0v) is 12.4. The number of benzene rings is 1. The van der Waals surface area contributed by atoms with Gasteiger partial charge in [-0.05, 0) is 25.1 Å². The molecule has 114 valence electrons. The third-order valence-corrected chi connectivity index (χ3v) is 3.71. The largest absolute Gasteiger partial charge is 0.367 e. The quantitative estimate of drug-likeness (QED) is 0.838. The fourth-order valence-electron chi connectivity index (χ4n) is 2.41. The van der Waals surface area contributed by atoms with Crippen molar-refractivity contribution in [1.29, 1.82) is 0 Å². The SMILES string of the molecule is CNC(=O)CN1CCN(c2ccc(C(C)=O)cc2F)CC1. The molecule has 2 rings (SSSR count). The fraction of sp³-hybridized carbons (Fsp3) is 0.467. The van der Waals surface area contributed by atoms with E-state index in [9.17, 15) is 14.0 Å². The van der Waals surface area contributed by atoms with Crippen LogP contribution in [0.3, 0.4) is 0 Å². The van der Waals surface area contributed by atoms with E-state index in [-0.39, 0.29) is 17.5 Å². The molecule has 0 aromatic heterocycles. The highest BCUT2D eigenvalue weighted by molar-refractivity contribution is 5.94. The van der Waals surface area contributed by atoms with Crippen molar-refractivity contribution < 1.29 is 14.0 Å². The first kappa shape index (κ1) is 15.4. The molecule has 1 aromatic carbocycles. The van der Waals surface area contributed by atoms with Crippen LogP contribution in [0.1, 0.15) is 17.3 Å². The van der Waals surface area contributed by atoms with Gasteiger partial charge in [0.15, 0.2) is 5.78 Å². The van der Waals surface area contributed by atoms with Crippen LogP contribution < -0.4 is 10.2 Å². The summed E-state index contributed by atoms with van der Waals surface area (Å²) in [6.07, 6.45) is 0. The van der Waals surface area contributed by atoms with Crippen LogP contribution in [0.15, 0.2) is 18.2 Å². The fourth-order valence-corrected chi connectivity index (χ4v) is 2.41. The first-order chi connectivity index (χ1) is 10.0. The molecule has 21 heavy (non-hydrogen) atoms. The molecule has 0 saturated carbocycles. The number of carbonyl (C=O) groups excluding carboxylic acids is 2. The Morgan fingerprint density at radius 2 is 1.90 bits per heavy atom. The van der Waals surface area contributed by atoms with E-state index >= 15 is 0 Å². The number of rotatable bonds is 4. The Morgan fingerprint density at radius 1 is 1.24 bits per heavy atom. The van der Waals surface area contributed by atoms with Gasteiger partial charge in [0.1, 0.15) is 5.82 Å². The summed E-state index contributed by atoms with van der Waals surface area (Å²) in [7, 11) is 1.62. The topological polar surface area (TPSA) is 52.7 Å². The molecule has 1 amide bonds. The molecule has 0 spiro atoms. The number of nitrogens with one attached hydrogen (secondary N) is 1. The minimum atomic E-state index is -0.373. The van der Waals surface area contributed by atoms with Crippen LogP contribution in [0.25, 0.3) is 0 Å². The molecular formula is C15H20FN3O2. The number of hydrogen-bond donors (Lipinski definition) is 1. The first-order valence-corrected chi connectivity index (χ1v) is 6.99. The van der Waals surface area contributed by atoms with Crippen molar-refractivity contribution in [2.45, 2.75) is 6.92 Å². The third kappa shape index (κ3) is 3.78. The lowest BCUT2D eigenvalue weighted by Gasteiger charge is -2.35. The maximum Gasteiger partial charge on any atom is 0.233 e. The number of ketones is 1. The lowest BCUT2D eigenvalue weighted by atomic mass is 10.1. The summed E-state index contributed by atoms with van der Waals surface area (Å²) < 4.78 is 14.1. The number of likely N-dealkylation sites (N-methyl/N-ethyl adjacent to an activating group) is 1. The second kappa shape index (κ2) is 6.67. The molecule has 1 saturated heterocycles. The van der Waals surface area contributed by atoms with Crippen LogP contribution in [-0.4, -0.2) is 56.4 Å². The highest BCUT2D eigenvalue weighted by Gasteiger charge is 2.21. The van der Waals surface area contributed by atoms with E-state index in [0.29, 0.717) is 44.0 Å². The van der Waals surface area contributed by atoms with Gasteiger partial charge in [-0.3, -0.25) is 14.5 Å². The average molecular weight is 293 g/mol. The predicted molar refractivity (Wildman–Crippen MR) is 79.1 cm³/mol. The smallest absolute Gasteiger partial charge is 0.233 e. The summed E-state index contributed by atoms with van der Waals surface area (Å²) in [6, 6.07) is 4.59. The van der Waals surface area contributed by atoms with Gasteiger partial charge in [-0.1, -0.05) is 0 Å². The summed E-state index contributed by atoms with van der Waals surface area (Å²) in [5, 5.41) is 2.59. The molecule has 6 heteroatoms. The van der Waals surface area contributed by atoms with Gasteiger partial charge < -0.3 is 10.2 Å². The zero-order valence-electron chi connectivity index (χ0n) is 12.4. The maximum atomic E-state index is 14.1. The molecule has 0 radical (unpaired) electrons. The van der Waals surface area contributed by atoms with Crippen molar-refractivity contribution in [3.05, 3.63) is 29.6 Å². The van der Waals surface area contributed by atoms with Gasteiger partial charge in [0.2, 0.25) is 5.91 Å². The summed E-state index contributed by atoms with van der Waals surface area (Å²) in [5.74, 6) is -0.529. The molecular weight excluding hydrogens is 273 g/mol. The monoisotopic (exact) mass is 293 g/mol. The Balaban J connectivity index is 1.99. The lowest BCUT2D eigenvalue weighted by Crippen LogP contribution is -2.49. The molecule has 0 bridgehead atoms. The average Bonchev–Trinajstić information content (AvgIpc) is 2.48. The number of carbonyl (C=O) groups is 2. The number of hydrogen-bond acceptors (Lipinski definition) is 4. The van der Waals surface area contributed by atoms with Crippen LogP contribution in [-0.2, 0) is 4.79 Å². The number of nitrogens with zero attached hydrogens (tertiary/aromatic N) is 2. The van der Waals surface area contributed by atoms with E-state index in [1.165, 1.54) is 13.0 Å². The van der Waals surface area contributed by atoms with Crippen LogP contribution >= 0.6 is 0 Å². The highest BCUT2D eigenvalue weighted by atomic mass is 19.1. The molecule has 0 aliphatic carbocycles. The van der Waals surface area contributed by atoms with Gasteiger partial charge in [-0.2, -0.15) is 0 Å². The second-order valence-electron chi connectivity index (χ2n) is 5.16. The Bertz CT molecular complexity index is 540. The molecule has 5 nitrogen and oxygen atoms in total. The van der Waals surface area contributed by atoms with Crippen LogP contribution in [0.5, 0.6) is 0 Å². The standard InChI is InChI=1S/C15H20FN3O2/c1-11(20)12-3-4-14(13(16)9-12)19-7-5-18(6-8-19)10-15(21)17-2/h3-4,9H,5-8,10H2,1-2H3,(H,17,21). The summed E-state index contributed by atoms with van der Waals surface area (Å²) in [5.41, 5.74) is 0.897. The van der Waals surface area contributed by atoms with E-state index in [1.54, 1.807) is 19.2 Å². The number of amides is 1. The summed E-state index contributed by atoms with van der Waals surface area (Å²) >= 11 is 0. The minimum Gasteiger partial charge on any atom is -0.367 e. The Hall–Kier alpha value is -1.95. The maximum absolute atomic E-state index is 14.1. The summed E-state index contributed by atoms with van der Waals surface area (Å²) in [4.78, 5) is 26.5. The molecule has 1 aliphatic rings. The number of Topliss-reactive ketones (excluding diaryl/α,β-unsaturated/α-hetero) is 1. The van der Waals surface area contributed by atoms with Gasteiger partial charge in [-0.15, -0.1) is 0 Å². The van der Waals surface area contributed by atoms with Crippen LogP contribution in [0.4, 0.5) is 10.1 Å². The third-order valence-electron chi connectivity index (χ3n) is 3.71. The Kier molecular flexibility index (Phi) is 4.90.